The van der Waals surface area contributed by atoms with Crippen LogP contribution in [0.5, 0.6) is 0 Å². The van der Waals surface area contributed by atoms with Crippen LogP contribution in [0, 0.1) is 0 Å². The fraction of sp³-hybridized carbons (Fsp3) is 0.562. The number of amides is 1. The smallest absolute Gasteiger partial charge is 0.251 e. The predicted octanol–water partition coefficient (Wildman–Crippen LogP) is 0.184. The standard InChI is InChI=1S/C16H24N4O3S.ClH/c21-16(18-8-11-20-9-6-17-7-10-20)13-2-1-3-15(12-13)24(22,23)19-14-4-5-14;/h1-3,12,14,17,19H,4-11H2,(H,18,21);1H. The summed E-state index contributed by atoms with van der Waals surface area (Å²) in [5, 5.41) is 6.15. The Morgan fingerprint density at radius 3 is 2.64 bits per heavy atom. The molecule has 3 N–H and O–H groups in total. The first-order valence-electron chi connectivity index (χ1n) is 8.38. The topological polar surface area (TPSA) is 90.5 Å². The van der Waals surface area contributed by atoms with Crippen molar-refractivity contribution in [2.24, 2.45) is 0 Å². The van der Waals surface area contributed by atoms with E-state index in [0.717, 1.165) is 45.6 Å². The number of halogens is 1. The Morgan fingerprint density at radius 2 is 1.96 bits per heavy atom. The summed E-state index contributed by atoms with van der Waals surface area (Å²) in [6, 6.07) is 6.24. The number of nitrogens with zero attached hydrogens (tertiary/aromatic N) is 1. The van der Waals surface area contributed by atoms with Crippen molar-refractivity contribution in [3.8, 4) is 0 Å². The maximum absolute atomic E-state index is 12.2. The fourth-order valence-electron chi connectivity index (χ4n) is 2.66. The Hall–Kier alpha value is -1.19. The lowest BCUT2D eigenvalue weighted by Gasteiger charge is -2.27. The number of benzene rings is 1. The van der Waals surface area contributed by atoms with Crippen molar-refractivity contribution in [2.75, 3.05) is 39.3 Å². The second-order valence-corrected chi connectivity index (χ2v) is 7.98. The third kappa shape index (κ3) is 5.93. The molecule has 7 nitrogen and oxygen atoms in total. The number of hydrogen-bond acceptors (Lipinski definition) is 5. The normalized spacial score (nSPS) is 18.4. The highest BCUT2D eigenvalue weighted by molar-refractivity contribution is 7.89. The number of hydrogen-bond donors (Lipinski definition) is 3. The van der Waals surface area contributed by atoms with Gasteiger partial charge in [-0.15, -0.1) is 12.4 Å². The molecule has 1 aliphatic heterocycles. The van der Waals surface area contributed by atoms with E-state index in [1.807, 2.05) is 0 Å². The number of piperazine rings is 1. The molecule has 1 aliphatic carbocycles. The summed E-state index contributed by atoms with van der Waals surface area (Å²) in [5.41, 5.74) is 0.369. The average Bonchev–Trinajstić information content (AvgIpc) is 3.39. The molecule has 1 amide bonds. The molecule has 0 unspecified atom stereocenters. The Bertz CT molecular complexity index is 688. The molecule has 1 saturated heterocycles. The fourth-order valence-corrected chi connectivity index (χ4v) is 4.01. The summed E-state index contributed by atoms with van der Waals surface area (Å²) < 4.78 is 27.1. The Balaban J connectivity index is 0.00000225. The van der Waals surface area contributed by atoms with E-state index in [1.54, 1.807) is 12.1 Å². The van der Waals surface area contributed by atoms with Gasteiger partial charge in [0.05, 0.1) is 4.90 Å². The Kier molecular flexibility index (Phi) is 7.21. The predicted molar refractivity (Wildman–Crippen MR) is 98.7 cm³/mol. The Morgan fingerprint density at radius 1 is 1.24 bits per heavy atom. The van der Waals surface area contributed by atoms with Gasteiger partial charge >= 0.3 is 0 Å². The zero-order chi connectivity index (χ0) is 17.0. The molecule has 9 heteroatoms. The van der Waals surface area contributed by atoms with Gasteiger partial charge in [0.1, 0.15) is 0 Å². The molecule has 0 radical (unpaired) electrons. The van der Waals surface area contributed by atoms with Gasteiger partial charge in [-0.3, -0.25) is 9.69 Å². The quantitative estimate of drug-likeness (QED) is 0.620. The van der Waals surface area contributed by atoms with E-state index in [4.69, 9.17) is 0 Å². The SMILES string of the molecule is Cl.O=C(NCCN1CCNCC1)c1cccc(S(=O)(=O)NC2CC2)c1. The molecule has 1 aromatic carbocycles. The Labute approximate surface area is 155 Å². The van der Waals surface area contributed by atoms with E-state index in [1.165, 1.54) is 12.1 Å². The molecule has 0 spiro atoms. The van der Waals surface area contributed by atoms with E-state index in [-0.39, 0.29) is 29.3 Å². The largest absolute Gasteiger partial charge is 0.351 e. The molecular formula is C16H25ClN4O3S. The number of carbonyl (C=O) groups is 1. The van der Waals surface area contributed by atoms with Crippen molar-refractivity contribution in [2.45, 2.75) is 23.8 Å². The summed E-state index contributed by atoms with van der Waals surface area (Å²) in [6.45, 7) is 5.27. The van der Waals surface area contributed by atoms with Crippen LogP contribution in [0.2, 0.25) is 0 Å². The van der Waals surface area contributed by atoms with Crippen LogP contribution < -0.4 is 15.4 Å². The highest BCUT2D eigenvalue weighted by atomic mass is 35.5. The average molecular weight is 389 g/mol. The van der Waals surface area contributed by atoms with Crippen molar-refractivity contribution >= 4 is 28.3 Å². The minimum absolute atomic E-state index is 0. The van der Waals surface area contributed by atoms with Crippen molar-refractivity contribution < 1.29 is 13.2 Å². The molecule has 0 bridgehead atoms. The number of nitrogens with one attached hydrogen (secondary N) is 3. The highest BCUT2D eigenvalue weighted by Crippen LogP contribution is 2.22. The summed E-state index contributed by atoms with van der Waals surface area (Å²) in [7, 11) is -3.54. The van der Waals surface area contributed by atoms with Crippen molar-refractivity contribution in [1.82, 2.24) is 20.3 Å². The maximum atomic E-state index is 12.2. The van der Waals surface area contributed by atoms with Crippen molar-refractivity contribution in [1.29, 1.82) is 0 Å². The molecule has 0 aromatic heterocycles. The molecule has 1 saturated carbocycles. The van der Waals surface area contributed by atoms with E-state index in [9.17, 15) is 13.2 Å². The third-order valence-electron chi connectivity index (χ3n) is 4.23. The van der Waals surface area contributed by atoms with Crippen LogP contribution in [0.1, 0.15) is 23.2 Å². The van der Waals surface area contributed by atoms with Crippen LogP contribution in [-0.4, -0.2) is 64.5 Å². The monoisotopic (exact) mass is 388 g/mol. The lowest BCUT2D eigenvalue weighted by Crippen LogP contribution is -2.46. The molecule has 3 rings (SSSR count). The first-order valence-corrected chi connectivity index (χ1v) is 9.86. The van der Waals surface area contributed by atoms with Crippen LogP contribution in [-0.2, 0) is 10.0 Å². The van der Waals surface area contributed by atoms with Gasteiger partial charge in [0.25, 0.3) is 5.91 Å². The summed E-state index contributed by atoms with van der Waals surface area (Å²) in [5.74, 6) is -0.242. The first-order chi connectivity index (χ1) is 11.5. The van der Waals surface area contributed by atoms with Gasteiger partial charge in [-0.2, -0.15) is 0 Å². The number of rotatable bonds is 7. The van der Waals surface area contributed by atoms with Crippen LogP contribution >= 0.6 is 12.4 Å². The molecule has 2 fully saturated rings. The zero-order valence-electron chi connectivity index (χ0n) is 14.0. The molecule has 140 valence electrons. The van der Waals surface area contributed by atoms with Gasteiger partial charge in [-0.25, -0.2) is 13.1 Å². The van der Waals surface area contributed by atoms with Gasteiger partial charge in [-0.1, -0.05) is 6.07 Å². The molecule has 1 heterocycles. The number of carbonyl (C=O) groups excluding carboxylic acids is 1. The van der Waals surface area contributed by atoms with E-state index >= 15 is 0 Å². The maximum Gasteiger partial charge on any atom is 0.251 e. The zero-order valence-corrected chi connectivity index (χ0v) is 15.7. The molecule has 1 aromatic rings. The lowest BCUT2D eigenvalue weighted by molar-refractivity contribution is 0.0947. The summed E-state index contributed by atoms with van der Waals surface area (Å²) in [4.78, 5) is 14.7. The second-order valence-electron chi connectivity index (χ2n) is 6.27. The van der Waals surface area contributed by atoms with E-state index in [2.05, 4.69) is 20.3 Å². The van der Waals surface area contributed by atoms with Crippen LogP contribution in [0.3, 0.4) is 0 Å². The first kappa shape index (κ1) is 20.1. The summed E-state index contributed by atoms with van der Waals surface area (Å²) >= 11 is 0. The molecular weight excluding hydrogens is 364 g/mol. The minimum atomic E-state index is -3.54. The number of sulfonamides is 1. The minimum Gasteiger partial charge on any atom is -0.351 e. The highest BCUT2D eigenvalue weighted by Gasteiger charge is 2.28. The van der Waals surface area contributed by atoms with Gasteiger partial charge in [-0.05, 0) is 31.0 Å². The second kappa shape index (κ2) is 8.95. The molecule has 2 aliphatic rings. The van der Waals surface area contributed by atoms with Gasteiger partial charge in [0.2, 0.25) is 10.0 Å². The van der Waals surface area contributed by atoms with Crippen LogP contribution in [0.4, 0.5) is 0 Å². The van der Waals surface area contributed by atoms with Crippen molar-refractivity contribution in [3.63, 3.8) is 0 Å². The third-order valence-corrected chi connectivity index (χ3v) is 5.75. The van der Waals surface area contributed by atoms with Gasteiger partial charge in [0, 0.05) is 50.9 Å². The lowest BCUT2D eigenvalue weighted by atomic mass is 10.2. The van der Waals surface area contributed by atoms with Crippen molar-refractivity contribution in [3.05, 3.63) is 29.8 Å². The van der Waals surface area contributed by atoms with Crippen LogP contribution in [0.25, 0.3) is 0 Å². The van der Waals surface area contributed by atoms with E-state index < -0.39 is 10.0 Å². The molecule has 0 atom stereocenters. The van der Waals surface area contributed by atoms with Gasteiger partial charge in [0.15, 0.2) is 0 Å². The molecule has 25 heavy (non-hydrogen) atoms. The summed E-state index contributed by atoms with van der Waals surface area (Å²) in [6.07, 6.45) is 1.76. The van der Waals surface area contributed by atoms with Gasteiger partial charge < -0.3 is 10.6 Å². The van der Waals surface area contributed by atoms with E-state index in [0.29, 0.717) is 12.1 Å². The van der Waals surface area contributed by atoms with Crippen LogP contribution in [0.15, 0.2) is 29.2 Å².